The first-order chi connectivity index (χ1) is 12.5. The molecule has 0 aliphatic heterocycles. The molecule has 9 heteroatoms. The normalized spacial score (nSPS) is 14.3. The lowest BCUT2D eigenvalue weighted by molar-refractivity contribution is -0.384. The van der Waals surface area contributed by atoms with Crippen LogP contribution in [0.4, 0.5) is 11.4 Å². The summed E-state index contributed by atoms with van der Waals surface area (Å²) >= 11 is 0. The summed E-state index contributed by atoms with van der Waals surface area (Å²) < 4.78 is 4.80. The first kappa shape index (κ1) is 19.4. The number of esters is 1. The van der Waals surface area contributed by atoms with E-state index in [4.69, 9.17) is 4.74 Å². The summed E-state index contributed by atoms with van der Waals surface area (Å²) in [5.41, 5.74) is 0.255. The number of non-ortho nitro benzene ring substituents is 1. The number of hydrogen-bond acceptors (Lipinski definition) is 6. The molecule has 2 rings (SSSR count). The molecule has 0 aromatic heterocycles. The molecule has 1 saturated carbocycles. The predicted octanol–water partition coefficient (Wildman–Crippen LogP) is 1.77. The molecule has 0 bridgehead atoms. The molecule has 1 aromatic carbocycles. The third-order valence-corrected chi connectivity index (χ3v) is 4.11. The first-order valence-electron chi connectivity index (χ1n) is 8.43. The minimum Gasteiger partial charge on any atom is -0.454 e. The van der Waals surface area contributed by atoms with Crippen LogP contribution >= 0.6 is 0 Å². The number of ether oxygens (including phenoxy) is 1. The second kappa shape index (κ2) is 9.50. The van der Waals surface area contributed by atoms with Crippen molar-refractivity contribution in [2.75, 3.05) is 18.5 Å². The summed E-state index contributed by atoms with van der Waals surface area (Å²) in [6.07, 6.45) is 4.84. The molecule has 9 nitrogen and oxygen atoms in total. The quantitative estimate of drug-likeness (QED) is 0.432. The minimum atomic E-state index is -0.701. The number of hydrogen-bond donors (Lipinski definition) is 2. The zero-order chi connectivity index (χ0) is 18.9. The second-order valence-corrected chi connectivity index (χ2v) is 6.07. The van der Waals surface area contributed by atoms with Crippen LogP contribution in [0.1, 0.15) is 32.1 Å². The van der Waals surface area contributed by atoms with Crippen LogP contribution in [0.2, 0.25) is 0 Å². The van der Waals surface area contributed by atoms with Gasteiger partial charge in [-0.3, -0.25) is 24.5 Å². The fraction of sp³-hybridized carbons (Fsp3) is 0.471. The molecule has 140 valence electrons. The van der Waals surface area contributed by atoms with Gasteiger partial charge >= 0.3 is 5.97 Å². The Morgan fingerprint density at radius 3 is 2.38 bits per heavy atom. The number of anilines is 1. The number of benzene rings is 1. The molecule has 0 heterocycles. The molecule has 1 aliphatic rings. The molecular formula is C17H21N3O6. The molecule has 0 atom stereocenters. The Labute approximate surface area is 150 Å². The average Bonchev–Trinajstić information content (AvgIpc) is 2.65. The van der Waals surface area contributed by atoms with Gasteiger partial charge in [0.25, 0.3) is 11.6 Å². The van der Waals surface area contributed by atoms with E-state index in [-0.39, 0.29) is 24.1 Å². The van der Waals surface area contributed by atoms with Gasteiger partial charge in [-0.15, -0.1) is 0 Å². The highest BCUT2D eigenvalue weighted by atomic mass is 16.6. The van der Waals surface area contributed by atoms with Gasteiger partial charge in [0.1, 0.15) is 6.54 Å². The number of nitro groups is 1. The molecule has 1 aliphatic carbocycles. The Bertz CT molecular complexity index is 668. The van der Waals surface area contributed by atoms with E-state index in [1.165, 1.54) is 24.3 Å². The lowest BCUT2D eigenvalue weighted by Crippen LogP contribution is -2.36. The van der Waals surface area contributed by atoms with Crippen molar-refractivity contribution >= 4 is 29.2 Å². The molecule has 1 fully saturated rings. The highest BCUT2D eigenvalue weighted by Gasteiger charge is 2.21. The Morgan fingerprint density at radius 1 is 1.12 bits per heavy atom. The van der Waals surface area contributed by atoms with Crippen molar-refractivity contribution in [3.8, 4) is 0 Å². The molecule has 2 N–H and O–H groups in total. The van der Waals surface area contributed by atoms with Gasteiger partial charge in [0, 0.05) is 23.7 Å². The van der Waals surface area contributed by atoms with Gasteiger partial charge in [0.15, 0.2) is 6.61 Å². The van der Waals surface area contributed by atoms with Crippen molar-refractivity contribution in [2.24, 2.45) is 5.92 Å². The molecule has 0 radical (unpaired) electrons. The SMILES string of the molecule is O=C(COC(=O)CNC(=O)C1CCCCC1)Nc1ccc([N+](=O)[O-])cc1. The summed E-state index contributed by atoms with van der Waals surface area (Å²) in [5.74, 6) is -1.49. The zero-order valence-electron chi connectivity index (χ0n) is 14.2. The maximum Gasteiger partial charge on any atom is 0.325 e. The van der Waals surface area contributed by atoms with Gasteiger partial charge in [-0.05, 0) is 25.0 Å². The standard InChI is InChI=1S/C17H21N3O6/c21-15(19-13-6-8-14(9-7-13)20(24)25)11-26-16(22)10-18-17(23)12-4-2-1-3-5-12/h6-9,12H,1-5,10-11H2,(H,18,23)(H,19,21). The van der Waals surface area contributed by atoms with Crippen LogP contribution in [0.5, 0.6) is 0 Å². The van der Waals surface area contributed by atoms with Crippen molar-refractivity contribution in [3.63, 3.8) is 0 Å². The Kier molecular flexibility index (Phi) is 7.07. The molecule has 0 unspecified atom stereocenters. The number of carbonyl (C=O) groups is 3. The number of nitrogens with zero attached hydrogens (tertiary/aromatic N) is 1. The minimum absolute atomic E-state index is 0.0537. The number of nitrogens with one attached hydrogen (secondary N) is 2. The number of rotatable bonds is 7. The maximum absolute atomic E-state index is 11.9. The summed E-state index contributed by atoms with van der Waals surface area (Å²) in [7, 11) is 0. The monoisotopic (exact) mass is 363 g/mol. The van der Waals surface area contributed by atoms with Crippen LogP contribution < -0.4 is 10.6 Å². The smallest absolute Gasteiger partial charge is 0.325 e. The molecule has 0 saturated heterocycles. The van der Waals surface area contributed by atoms with Crippen LogP contribution in [0, 0.1) is 16.0 Å². The van der Waals surface area contributed by atoms with Gasteiger partial charge in [0.2, 0.25) is 5.91 Å². The number of carbonyl (C=O) groups excluding carboxylic acids is 3. The van der Waals surface area contributed by atoms with E-state index in [2.05, 4.69) is 10.6 Å². The zero-order valence-corrected chi connectivity index (χ0v) is 14.2. The second-order valence-electron chi connectivity index (χ2n) is 6.07. The molecular weight excluding hydrogens is 342 g/mol. The Morgan fingerprint density at radius 2 is 1.77 bits per heavy atom. The van der Waals surface area contributed by atoms with Crippen LogP contribution in [-0.4, -0.2) is 35.9 Å². The van der Waals surface area contributed by atoms with Crippen LogP contribution in [-0.2, 0) is 19.1 Å². The Hall–Kier alpha value is -2.97. The van der Waals surface area contributed by atoms with E-state index >= 15 is 0 Å². The molecule has 0 spiro atoms. The van der Waals surface area contributed by atoms with Gasteiger partial charge in [0.05, 0.1) is 4.92 Å². The fourth-order valence-electron chi connectivity index (χ4n) is 2.73. The third kappa shape index (κ3) is 6.15. The van der Waals surface area contributed by atoms with Gasteiger partial charge in [-0.1, -0.05) is 19.3 Å². The lowest BCUT2D eigenvalue weighted by Gasteiger charge is -2.20. The van der Waals surface area contributed by atoms with E-state index in [0.717, 1.165) is 32.1 Å². The summed E-state index contributed by atoms with van der Waals surface area (Å²) in [5, 5.41) is 15.5. The molecule has 26 heavy (non-hydrogen) atoms. The summed E-state index contributed by atoms with van der Waals surface area (Å²) in [4.78, 5) is 45.2. The summed E-state index contributed by atoms with van der Waals surface area (Å²) in [6.45, 7) is -0.782. The lowest BCUT2D eigenvalue weighted by atomic mass is 9.89. The van der Waals surface area contributed by atoms with Crippen LogP contribution in [0.25, 0.3) is 0 Å². The average molecular weight is 363 g/mol. The van der Waals surface area contributed by atoms with E-state index in [0.29, 0.717) is 5.69 Å². The largest absolute Gasteiger partial charge is 0.454 e. The van der Waals surface area contributed by atoms with E-state index in [1.807, 2.05) is 0 Å². The van der Waals surface area contributed by atoms with Gasteiger partial charge in [-0.25, -0.2) is 0 Å². The van der Waals surface area contributed by atoms with Crippen molar-refractivity contribution in [2.45, 2.75) is 32.1 Å². The van der Waals surface area contributed by atoms with Crippen LogP contribution in [0.3, 0.4) is 0 Å². The first-order valence-corrected chi connectivity index (χ1v) is 8.43. The summed E-state index contributed by atoms with van der Waals surface area (Å²) in [6, 6.07) is 5.26. The maximum atomic E-state index is 11.9. The van der Waals surface area contributed by atoms with Gasteiger partial charge < -0.3 is 15.4 Å². The van der Waals surface area contributed by atoms with E-state index in [1.54, 1.807) is 0 Å². The van der Waals surface area contributed by atoms with E-state index < -0.39 is 23.4 Å². The van der Waals surface area contributed by atoms with E-state index in [9.17, 15) is 24.5 Å². The molecule has 1 aromatic rings. The number of nitro benzene ring substituents is 1. The third-order valence-electron chi connectivity index (χ3n) is 4.11. The van der Waals surface area contributed by atoms with Crippen molar-refractivity contribution in [1.29, 1.82) is 0 Å². The fourth-order valence-corrected chi connectivity index (χ4v) is 2.73. The highest BCUT2D eigenvalue weighted by molar-refractivity contribution is 5.93. The van der Waals surface area contributed by atoms with Crippen molar-refractivity contribution in [3.05, 3.63) is 34.4 Å². The number of amides is 2. The Balaban J connectivity index is 1.67. The van der Waals surface area contributed by atoms with Crippen molar-refractivity contribution in [1.82, 2.24) is 5.32 Å². The van der Waals surface area contributed by atoms with Crippen molar-refractivity contribution < 1.29 is 24.0 Å². The topological polar surface area (TPSA) is 128 Å². The predicted molar refractivity (Wildman–Crippen MR) is 92.3 cm³/mol. The molecule has 2 amide bonds. The van der Waals surface area contributed by atoms with Crippen LogP contribution in [0.15, 0.2) is 24.3 Å². The highest BCUT2D eigenvalue weighted by Crippen LogP contribution is 2.23. The van der Waals surface area contributed by atoms with Gasteiger partial charge in [-0.2, -0.15) is 0 Å².